The maximum absolute atomic E-state index is 11.4. The summed E-state index contributed by atoms with van der Waals surface area (Å²) in [5, 5.41) is 18.4. The highest BCUT2D eigenvalue weighted by Gasteiger charge is 2.23. The molecule has 0 amide bonds. The van der Waals surface area contributed by atoms with Crippen molar-refractivity contribution in [3.05, 3.63) is 52.3 Å². The molecule has 1 aromatic heterocycles. The quantitative estimate of drug-likeness (QED) is 0.901. The Bertz CT molecular complexity index is 690. The van der Waals surface area contributed by atoms with Gasteiger partial charge in [-0.3, -0.25) is 0 Å². The third-order valence-corrected chi connectivity index (χ3v) is 3.20. The van der Waals surface area contributed by atoms with Crippen LogP contribution in [0.4, 0.5) is 0 Å². The fourth-order valence-electron chi connectivity index (χ4n) is 2.56. The Morgan fingerprint density at radius 1 is 1.00 bits per heavy atom. The second-order valence-electron chi connectivity index (χ2n) is 4.81. The van der Waals surface area contributed by atoms with Crippen LogP contribution in [0.15, 0.2) is 24.4 Å². The number of aromatic carboxylic acids is 2. The molecular formula is C15H15NO4. The van der Waals surface area contributed by atoms with E-state index in [2.05, 4.69) is 0 Å². The lowest BCUT2D eigenvalue weighted by Crippen LogP contribution is -2.13. The van der Waals surface area contributed by atoms with Crippen LogP contribution in [0.25, 0.3) is 5.69 Å². The Morgan fingerprint density at radius 3 is 2.00 bits per heavy atom. The zero-order valence-electron chi connectivity index (χ0n) is 11.5. The van der Waals surface area contributed by atoms with Crippen LogP contribution in [-0.4, -0.2) is 26.7 Å². The van der Waals surface area contributed by atoms with Crippen molar-refractivity contribution in [3.63, 3.8) is 0 Å². The largest absolute Gasteiger partial charge is 0.478 e. The molecule has 20 heavy (non-hydrogen) atoms. The van der Waals surface area contributed by atoms with Gasteiger partial charge < -0.3 is 14.8 Å². The molecule has 0 spiro atoms. The summed E-state index contributed by atoms with van der Waals surface area (Å²) >= 11 is 0. The number of rotatable bonds is 3. The van der Waals surface area contributed by atoms with Crippen molar-refractivity contribution in [1.29, 1.82) is 0 Å². The van der Waals surface area contributed by atoms with Gasteiger partial charge in [-0.25, -0.2) is 9.59 Å². The third-order valence-electron chi connectivity index (χ3n) is 3.20. The Kier molecular flexibility index (Phi) is 3.36. The van der Waals surface area contributed by atoms with E-state index in [0.29, 0.717) is 5.69 Å². The van der Waals surface area contributed by atoms with Gasteiger partial charge in [-0.2, -0.15) is 0 Å². The molecule has 5 nitrogen and oxygen atoms in total. The van der Waals surface area contributed by atoms with Crippen LogP contribution in [-0.2, 0) is 0 Å². The first-order valence-corrected chi connectivity index (χ1v) is 6.09. The van der Waals surface area contributed by atoms with Gasteiger partial charge in [0.25, 0.3) is 0 Å². The highest BCUT2D eigenvalue weighted by atomic mass is 16.4. The Labute approximate surface area is 116 Å². The van der Waals surface area contributed by atoms with Gasteiger partial charge in [-0.05, 0) is 38.0 Å². The summed E-state index contributed by atoms with van der Waals surface area (Å²) in [4.78, 5) is 22.5. The van der Waals surface area contributed by atoms with Gasteiger partial charge in [-0.15, -0.1) is 0 Å². The summed E-state index contributed by atoms with van der Waals surface area (Å²) in [6.45, 7) is 5.71. The molecule has 0 aliphatic carbocycles. The molecular weight excluding hydrogens is 258 g/mol. The van der Waals surface area contributed by atoms with E-state index in [1.165, 1.54) is 16.8 Å². The molecule has 0 radical (unpaired) electrons. The predicted molar refractivity (Wildman–Crippen MR) is 73.9 cm³/mol. The van der Waals surface area contributed by atoms with Gasteiger partial charge in [0, 0.05) is 6.20 Å². The molecule has 2 rings (SSSR count). The Morgan fingerprint density at radius 2 is 1.55 bits per heavy atom. The van der Waals surface area contributed by atoms with Gasteiger partial charge in [0.15, 0.2) is 0 Å². The summed E-state index contributed by atoms with van der Waals surface area (Å²) in [6, 6.07) is 5.19. The number of carboxylic acids is 2. The molecule has 1 aromatic carbocycles. The summed E-state index contributed by atoms with van der Waals surface area (Å²) in [5.41, 5.74) is 3.14. The van der Waals surface area contributed by atoms with Crippen LogP contribution in [0.1, 0.15) is 37.5 Å². The Hall–Kier alpha value is -2.56. The van der Waals surface area contributed by atoms with Gasteiger partial charge in [0.2, 0.25) is 0 Å². The number of hydrogen-bond donors (Lipinski definition) is 2. The molecule has 0 atom stereocenters. The van der Waals surface area contributed by atoms with Gasteiger partial charge >= 0.3 is 11.9 Å². The van der Waals surface area contributed by atoms with Crippen molar-refractivity contribution in [1.82, 2.24) is 4.57 Å². The molecule has 104 valence electrons. The van der Waals surface area contributed by atoms with Crippen LogP contribution in [0, 0.1) is 20.8 Å². The molecule has 2 N–H and O–H groups in total. The number of carbonyl (C=O) groups is 2. The van der Waals surface area contributed by atoms with E-state index >= 15 is 0 Å². The lowest BCUT2D eigenvalue weighted by Gasteiger charge is -2.14. The van der Waals surface area contributed by atoms with E-state index in [1.54, 1.807) is 0 Å². The van der Waals surface area contributed by atoms with Gasteiger partial charge in [-0.1, -0.05) is 17.7 Å². The summed E-state index contributed by atoms with van der Waals surface area (Å²) in [5.74, 6) is -2.50. The Balaban J connectivity index is 2.77. The zero-order valence-corrected chi connectivity index (χ0v) is 11.5. The van der Waals surface area contributed by atoms with Crippen molar-refractivity contribution in [2.24, 2.45) is 0 Å². The van der Waals surface area contributed by atoms with Crippen molar-refractivity contribution in [3.8, 4) is 5.69 Å². The van der Waals surface area contributed by atoms with E-state index in [-0.39, 0.29) is 11.3 Å². The summed E-state index contributed by atoms with van der Waals surface area (Å²) in [7, 11) is 0. The second-order valence-corrected chi connectivity index (χ2v) is 4.81. The van der Waals surface area contributed by atoms with E-state index in [1.807, 2.05) is 32.9 Å². The molecule has 0 saturated heterocycles. The second kappa shape index (κ2) is 4.85. The molecule has 0 unspecified atom stereocenters. The SMILES string of the molecule is Cc1cc(C)c(-n2ccc(C(=O)O)c2C(=O)O)c(C)c1. The smallest absolute Gasteiger partial charge is 0.353 e. The lowest BCUT2D eigenvalue weighted by molar-refractivity contribution is 0.0646. The minimum Gasteiger partial charge on any atom is -0.478 e. The minimum absolute atomic E-state index is 0.211. The molecule has 0 bridgehead atoms. The molecule has 2 aromatic rings. The van der Waals surface area contributed by atoms with Crippen molar-refractivity contribution >= 4 is 11.9 Å². The fraction of sp³-hybridized carbons (Fsp3) is 0.200. The summed E-state index contributed by atoms with van der Waals surface area (Å²) in [6.07, 6.45) is 1.48. The maximum atomic E-state index is 11.4. The molecule has 0 aliphatic heterocycles. The minimum atomic E-state index is -1.26. The molecule has 0 saturated carbocycles. The number of hydrogen-bond acceptors (Lipinski definition) is 2. The average molecular weight is 273 g/mol. The molecule has 0 fully saturated rings. The van der Waals surface area contributed by atoms with Crippen LogP contribution in [0.2, 0.25) is 0 Å². The fourth-order valence-corrected chi connectivity index (χ4v) is 2.56. The lowest BCUT2D eigenvalue weighted by atomic mass is 10.0. The third kappa shape index (κ3) is 2.18. The van der Waals surface area contributed by atoms with Gasteiger partial charge in [0.1, 0.15) is 5.69 Å². The van der Waals surface area contributed by atoms with Crippen molar-refractivity contribution in [2.75, 3.05) is 0 Å². The zero-order chi connectivity index (χ0) is 15.0. The normalized spacial score (nSPS) is 10.6. The van der Waals surface area contributed by atoms with E-state index in [9.17, 15) is 14.7 Å². The highest BCUT2D eigenvalue weighted by molar-refractivity contribution is 6.01. The maximum Gasteiger partial charge on any atom is 0.353 e. The van der Waals surface area contributed by atoms with Crippen LogP contribution < -0.4 is 0 Å². The number of nitrogens with zero attached hydrogens (tertiary/aromatic N) is 1. The average Bonchev–Trinajstić information content (AvgIpc) is 2.72. The van der Waals surface area contributed by atoms with Crippen LogP contribution in [0.5, 0.6) is 0 Å². The van der Waals surface area contributed by atoms with Crippen molar-refractivity contribution in [2.45, 2.75) is 20.8 Å². The highest BCUT2D eigenvalue weighted by Crippen LogP contribution is 2.25. The first kappa shape index (κ1) is 13.9. The van der Waals surface area contributed by atoms with E-state index < -0.39 is 11.9 Å². The van der Waals surface area contributed by atoms with Gasteiger partial charge in [0.05, 0.1) is 11.3 Å². The number of aryl methyl sites for hydroxylation is 3. The predicted octanol–water partition coefficient (Wildman–Crippen LogP) is 2.80. The molecule has 0 aliphatic rings. The number of carboxylic acid groups (broad SMARTS) is 2. The van der Waals surface area contributed by atoms with E-state index in [0.717, 1.165) is 16.7 Å². The molecule has 1 heterocycles. The van der Waals surface area contributed by atoms with Crippen LogP contribution in [0.3, 0.4) is 0 Å². The first-order chi connectivity index (χ1) is 9.32. The number of aromatic nitrogens is 1. The van der Waals surface area contributed by atoms with Crippen LogP contribution >= 0.6 is 0 Å². The van der Waals surface area contributed by atoms with Crippen molar-refractivity contribution < 1.29 is 19.8 Å². The summed E-state index contributed by atoms with van der Waals surface area (Å²) < 4.78 is 1.43. The topological polar surface area (TPSA) is 79.5 Å². The standard InChI is InChI=1S/C15H15NO4/c1-8-6-9(2)12(10(3)7-8)16-5-4-11(14(17)18)13(16)15(19)20/h4-7H,1-3H3,(H,17,18)(H,19,20). The molecule has 5 heteroatoms. The number of benzene rings is 1. The monoisotopic (exact) mass is 273 g/mol. The first-order valence-electron chi connectivity index (χ1n) is 6.09. The van der Waals surface area contributed by atoms with E-state index in [4.69, 9.17) is 5.11 Å².